The Labute approximate surface area is 179 Å². The van der Waals surface area contributed by atoms with Crippen molar-refractivity contribution in [2.24, 2.45) is 4.99 Å². The minimum Gasteiger partial charge on any atom is -0.490 e. The SMILES string of the molecule is CCOc1ccc(C(C)NC(=NC)NCc2ccccc2)cc1OCC.I. The molecule has 2 aromatic carbocycles. The van der Waals surface area contributed by atoms with Gasteiger partial charge in [-0.05, 0) is 44.0 Å². The molecule has 2 aromatic rings. The zero-order chi connectivity index (χ0) is 18.8. The third kappa shape index (κ3) is 7.28. The molecule has 1 atom stereocenters. The van der Waals surface area contributed by atoms with E-state index in [0.717, 1.165) is 29.6 Å². The maximum atomic E-state index is 5.72. The molecule has 0 aliphatic rings. The van der Waals surface area contributed by atoms with Crippen LogP contribution in [0.25, 0.3) is 0 Å². The third-order valence-electron chi connectivity index (χ3n) is 3.95. The molecule has 0 bridgehead atoms. The van der Waals surface area contributed by atoms with Gasteiger partial charge in [0.1, 0.15) is 0 Å². The summed E-state index contributed by atoms with van der Waals surface area (Å²) in [6.45, 7) is 7.98. The van der Waals surface area contributed by atoms with Gasteiger partial charge in [-0.15, -0.1) is 24.0 Å². The summed E-state index contributed by atoms with van der Waals surface area (Å²) < 4.78 is 11.4. The normalized spacial score (nSPS) is 11.9. The van der Waals surface area contributed by atoms with Crippen molar-refractivity contribution >= 4 is 29.9 Å². The average molecular weight is 483 g/mol. The molecule has 0 fully saturated rings. The number of hydrogen-bond acceptors (Lipinski definition) is 3. The molecule has 0 spiro atoms. The summed E-state index contributed by atoms with van der Waals surface area (Å²) in [6, 6.07) is 16.4. The van der Waals surface area contributed by atoms with Crippen LogP contribution >= 0.6 is 24.0 Å². The molecule has 0 saturated heterocycles. The molecule has 0 saturated carbocycles. The van der Waals surface area contributed by atoms with E-state index in [1.807, 2.05) is 44.2 Å². The smallest absolute Gasteiger partial charge is 0.191 e. The Balaban J connectivity index is 0.00000364. The van der Waals surface area contributed by atoms with Crippen molar-refractivity contribution in [3.8, 4) is 11.5 Å². The van der Waals surface area contributed by atoms with E-state index in [9.17, 15) is 0 Å². The first kappa shape index (κ1) is 23.1. The van der Waals surface area contributed by atoms with Gasteiger partial charge in [0.25, 0.3) is 0 Å². The van der Waals surface area contributed by atoms with E-state index >= 15 is 0 Å². The average Bonchev–Trinajstić information content (AvgIpc) is 2.67. The zero-order valence-electron chi connectivity index (χ0n) is 16.5. The first-order valence-electron chi connectivity index (χ1n) is 9.08. The predicted molar refractivity (Wildman–Crippen MR) is 122 cm³/mol. The topological polar surface area (TPSA) is 54.9 Å². The molecule has 2 rings (SSSR count). The molecule has 0 aromatic heterocycles. The van der Waals surface area contributed by atoms with Crippen LogP contribution in [0.3, 0.4) is 0 Å². The van der Waals surface area contributed by atoms with E-state index in [-0.39, 0.29) is 30.0 Å². The van der Waals surface area contributed by atoms with Gasteiger partial charge in [-0.1, -0.05) is 36.4 Å². The lowest BCUT2D eigenvalue weighted by molar-refractivity contribution is 0.287. The fourth-order valence-electron chi connectivity index (χ4n) is 2.60. The highest BCUT2D eigenvalue weighted by Gasteiger charge is 2.12. The first-order valence-corrected chi connectivity index (χ1v) is 9.08. The van der Waals surface area contributed by atoms with E-state index < -0.39 is 0 Å². The molecular formula is C21H30IN3O2. The number of aliphatic imine (C=N–C) groups is 1. The molecule has 148 valence electrons. The van der Waals surface area contributed by atoms with Gasteiger partial charge < -0.3 is 20.1 Å². The van der Waals surface area contributed by atoms with Crippen LogP contribution < -0.4 is 20.1 Å². The number of nitrogens with one attached hydrogen (secondary N) is 2. The maximum absolute atomic E-state index is 5.72. The number of halogens is 1. The second-order valence-corrected chi connectivity index (χ2v) is 5.85. The highest BCUT2D eigenvalue weighted by atomic mass is 127. The van der Waals surface area contributed by atoms with Crippen LogP contribution in [0.5, 0.6) is 11.5 Å². The van der Waals surface area contributed by atoms with Crippen molar-refractivity contribution in [1.82, 2.24) is 10.6 Å². The van der Waals surface area contributed by atoms with Gasteiger partial charge in [-0.2, -0.15) is 0 Å². The highest BCUT2D eigenvalue weighted by molar-refractivity contribution is 14.0. The molecule has 0 aliphatic heterocycles. The molecule has 0 heterocycles. The predicted octanol–water partition coefficient (Wildman–Crippen LogP) is 4.53. The number of hydrogen-bond donors (Lipinski definition) is 2. The van der Waals surface area contributed by atoms with Gasteiger partial charge in [0, 0.05) is 13.6 Å². The summed E-state index contributed by atoms with van der Waals surface area (Å²) in [5.41, 5.74) is 2.32. The van der Waals surface area contributed by atoms with Gasteiger partial charge in [-0.25, -0.2) is 0 Å². The minimum atomic E-state index is 0. The molecule has 1 unspecified atom stereocenters. The lowest BCUT2D eigenvalue weighted by Gasteiger charge is -2.20. The van der Waals surface area contributed by atoms with Gasteiger partial charge in [-0.3, -0.25) is 4.99 Å². The molecule has 0 aliphatic carbocycles. The summed E-state index contributed by atoms with van der Waals surface area (Å²) in [5.74, 6) is 2.30. The van der Waals surface area contributed by atoms with E-state index in [4.69, 9.17) is 9.47 Å². The molecule has 0 radical (unpaired) electrons. The van der Waals surface area contributed by atoms with Crippen LogP contribution in [0.2, 0.25) is 0 Å². The van der Waals surface area contributed by atoms with Crippen molar-refractivity contribution in [2.45, 2.75) is 33.4 Å². The van der Waals surface area contributed by atoms with Crippen LogP contribution in [0.15, 0.2) is 53.5 Å². The van der Waals surface area contributed by atoms with E-state index in [2.05, 4.69) is 40.7 Å². The number of guanidine groups is 1. The van der Waals surface area contributed by atoms with Crippen LogP contribution in [0.4, 0.5) is 0 Å². The van der Waals surface area contributed by atoms with E-state index in [1.54, 1.807) is 7.05 Å². The Morgan fingerprint density at radius 3 is 2.30 bits per heavy atom. The van der Waals surface area contributed by atoms with Crippen molar-refractivity contribution < 1.29 is 9.47 Å². The Kier molecular flexibility index (Phi) is 10.6. The van der Waals surface area contributed by atoms with E-state index in [1.165, 1.54) is 5.56 Å². The van der Waals surface area contributed by atoms with Crippen LogP contribution in [0, 0.1) is 0 Å². The standard InChI is InChI=1S/C21H29N3O2.HI/c1-5-25-19-13-12-18(14-20(19)26-6-2)16(3)24-21(22-4)23-15-17-10-8-7-9-11-17;/h7-14,16H,5-6,15H2,1-4H3,(H2,22,23,24);1H. The molecule has 5 nitrogen and oxygen atoms in total. The monoisotopic (exact) mass is 483 g/mol. The van der Waals surface area contributed by atoms with Crippen LogP contribution in [0.1, 0.15) is 37.9 Å². The molecule has 2 N–H and O–H groups in total. The second kappa shape index (κ2) is 12.4. The van der Waals surface area contributed by atoms with E-state index in [0.29, 0.717) is 13.2 Å². The highest BCUT2D eigenvalue weighted by Crippen LogP contribution is 2.30. The van der Waals surface area contributed by atoms with Gasteiger partial charge in [0.15, 0.2) is 17.5 Å². The fourth-order valence-corrected chi connectivity index (χ4v) is 2.60. The summed E-state index contributed by atoms with van der Waals surface area (Å²) in [6.07, 6.45) is 0. The number of benzene rings is 2. The number of nitrogens with zero attached hydrogens (tertiary/aromatic N) is 1. The van der Waals surface area contributed by atoms with Gasteiger partial charge in [0.2, 0.25) is 0 Å². The zero-order valence-corrected chi connectivity index (χ0v) is 18.8. The quantitative estimate of drug-likeness (QED) is 0.329. The van der Waals surface area contributed by atoms with Gasteiger partial charge in [0.05, 0.1) is 19.3 Å². The molecule has 6 heteroatoms. The van der Waals surface area contributed by atoms with Crippen molar-refractivity contribution in [2.75, 3.05) is 20.3 Å². The Hall–Kier alpha value is -1.96. The Morgan fingerprint density at radius 1 is 1.00 bits per heavy atom. The van der Waals surface area contributed by atoms with Gasteiger partial charge >= 0.3 is 0 Å². The lowest BCUT2D eigenvalue weighted by atomic mass is 10.1. The van der Waals surface area contributed by atoms with Crippen molar-refractivity contribution in [3.63, 3.8) is 0 Å². The Morgan fingerprint density at radius 2 is 1.67 bits per heavy atom. The Bertz CT molecular complexity index is 708. The fraction of sp³-hybridized carbons (Fsp3) is 0.381. The number of rotatable bonds is 8. The summed E-state index contributed by atoms with van der Waals surface area (Å²) in [4.78, 5) is 4.31. The summed E-state index contributed by atoms with van der Waals surface area (Å²) >= 11 is 0. The number of ether oxygens (including phenoxy) is 2. The first-order chi connectivity index (χ1) is 12.7. The summed E-state index contributed by atoms with van der Waals surface area (Å²) in [7, 11) is 1.77. The van der Waals surface area contributed by atoms with Crippen LogP contribution in [-0.4, -0.2) is 26.2 Å². The largest absolute Gasteiger partial charge is 0.490 e. The maximum Gasteiger partial charge on any atom is 0.191 e. The second-order valence-electron chi connectivity index (χ2n) is 5.85. The molecular weight excluding hydrogens is 453 g/mol. The summed E-state index contributed by atoms with van der Waals surface area (Å²) in [5, 5.41) is 6.76. The van der Waals surface area contributed by atoms with Crippen molar-refractivity contribution in [1.29, 1.82) is 0 Å². The molecule has 27 heavy (non-hydrogen) atoms. The lowest BCUT2D eigenvalue weighted by Crippen LogP contribution is -2.38. The van der Waals surface area contributed by atoms with Crippen molar-refractivity contribution in [3.05, 3.63) is 59.7 Å². The molecule has 0 amide bonds. The third-order valence-corrected chi connectivity index (χ3v) is 3.95. The minimum absolute atomic E-state index is 0. The van der Waals surface area contributed by atoms with Crippen LogP contribution in [-0.2, 0) is 6.54 Å².